The fourth-order valence-corrected chi connectivity index (χ4v) is 7.03. The molecule has 3 atom stereocenters. The lowest BCUT2D eigenvalue weighted by molar-refractivity contribution is 0.0666. The van der Waals surface area contributed by atoms with Crippen molar-refractivity contribution < 1.29 is 14.4 Å². The summed E-state index contributed by atoms with van der Waals surface area (Å²) in [5.74, 6) is -1.37. The van der Waals surface area contributed by atoms with Gasteiger partial charge in [0, 0.05) is 45.2 Å². The van der Waals surface area contributed by atoms with E-state index < -0.39 is 23.4 Å². The van der Waals surface area contributed by atoms with Gasteiger partial charge in [0.1, 0.15) is 11.5 Å². The van der Waals surface area contributed by atoms with Crippen LogP contribution in [0.3, 0.4) is 0 Å². The first kappa shape index (κ1) is 23.0. The molecule has 6 heteroatoms. The molecule has 0 N–H and O–H groups in total. The van der Waals surface area contributed by atoms with E-state index in [4.69, 9.17) is 0 Å². The number of anilines is 1. The number of benzene rings is 3. The normalized spacial score (nSPS) is 22.3. The average molecular weight is 561 g/mol. The minimum absolute atomic E-state index is 0.137. The zero-order valence-corrected chi connectivity index (χ0v) is 21.7. The summed E-state index contributed by atoms with van der Waals surface area (Å²) in [6.45, 7) is 0. The molecule has 1 saturated heterocycles. The summed E-state index contributed by atoms with van der Waals surface area (Å²) in [7, 11) is 0. The maximum Gasteiger partial charge on any atom is 0.185 e. The summed E-state index contributed by atoms with van der Waals surface area (Å²) in [4.78, 5) is 49.9. The van der Waals surface area contributed by atoms with Crippen LogP contribution >= 0.6 is 15.9 Å². The second kappa shape index (κ2) is 8.43. The first-order chi connectivity index (χ1) is 18.5. The molecule has 0 bridgehead atoms. The van der Waals surface area contributed by atoms with Crippen LogP contribution in [-0.2, 0) is 0 Å². The number of pyridine rings is 1. The smallest absolute Gasteiger partial charge is 0.185 e. The fourth-order valence-electron chi connectivity index (χ4n) is 6.65. The van der Waals surface area contributed by atoms with Crippen molar-refractivity contribution in [2.75, 3.05) is 4.90 Å². The van der Waals surface area contributed by atoms with Crippen LogP contribution in [0, 0.1) is 5.41 Å². The Bertz CT molecular complexity index is 1630. The van der Waals surface area contributed by atoms with Crippen molar-refractivity contribution in [1.29, 1.82) is 0 Å². The van der Waals surface area contributed by atoms with Crippen LogP contribution in [0.4, 0.5) is 5.69 Å². The molecule has 4 aromatic rings. The quantitative estimate of drug-likeness (QED) is 0.222. The highest BCUT2D eigenvalue weighted by Gasteiger charge is 2.71. The molecule has 3 heterocycles. The van der Waals surface area contributed by atoms with E-state index in [1.807, 2.05) is 59.5 Å². The molecule has 0 amide bonds. The van der Waals surface area contributed by atoms with Gasteiger partial charge >= 0.3 is 0 Å². The molecule has 1 aromatic heterocycles. The Labute approximate surface area is 228 Å². The lowest BCUT2D eigenvalue weighted by Crippen LogP contribution is -2.48. The molecule has 3 aliphatic rings. The number of carbonyl (C=O) groups excluding carboxylic acids is 3. The number of hydrogen-bond acceptors (Lipinski definition) is 5. The van der Waals surface area contributed by atoms with Crippen molar-refractivity contribution in [3.05, 3.63) is 136 Å². The largest absolute Gasteiger partial charge is 0.352 e. The second-order valence-electron chi connectivity index (χ2n) is 9.93. The van der Waals surface area contributed by atoms with E-state index in [1.165, 1.54) is 0 Å². The first-order valence-corrected chi connectivity index (χ1v) is 13.3. The van der Waals surface area contributed by atoms with E-state index in [0.29, 0.717) is 22.3 Å². The predicted octanol–water partition coefficient (Wildman–Crippen LogP) is 6.16. The maximum atomic E-state index is 14.5. The van der Waals surface area contributed by atoms with Crippen molar-refractivity contribution in [3.63, 3.8) is 0 Å². The summed E-state index contributed by atoms with van der Waals surface area (Å²) in [5, 5.41) is 0. The number of rotatable bonds is 3. The van der Waals surface area contributed by atoms with Crippen molar-refractivity contribution >= 4 is 45.0 Å². The summed E-state index contributed by atoms with van der Waals surface area (Å²) in [5.41, 5.74) is 2.27. The molecular weight excluding hydrogens is 540 g/mol. The standard InChI is InChI=1S/C32H21BrN2O3/c33-22-13-14-25-20(17-22)12-15-26-32(30(37)23-10-4-5-11-24(23)31(32)38)27(21-9-6-16-34-18-21)28(35(25)26)29(36)19-7-2-1-3-8-19/h1-18,26-28H/t26-,27+,28-/m0/s1. The number of ketones is 3. The number of nitrogens with zero attached hydrogens (tertiary/aromatic N) is 2. The van der Waals surface area contributed by atoms with Gasteiger partial charge in [-0.3, -0.25) is 19.4 Å². The predicted molar refractivity (Wildman–Crippen MR) is 149 cm³/mol. The number of halogens is 1. The third-order valence-corrected chi connectivity index (χ3v) is 8.63. The van der Waals surface area contributed by atoms with Gasteiger partial charge in [-0.05, 0) is 35.4 Å². The van der Waals surface area contributed by atoms with E-state index >= 15 is 0 Å². The Balaban J connectivity index is 1.55. The Morgan fingerprint density at radius 2 is 1.58 bits per heavy atom. The number of fused-ring (bicyclic) bond motifs is 5. The maximum absolute atomic E-state index is 14.5. The summed E-state index contributed by atoms with van der Waals surface area (Å²) < 4.78 is 0.906. The van der Waals surface area contributed by atoms with Crippen LogP contribution in [0.2, 0.25) is 0 Å². The lowest BCUT2D eigenvalue weighted by atomic mass is 9.64. The average Bonchev–Trinajstić information content (AvgIpc) is 3.39. The molecule has 0 unspecified atom stereocenters. The van der Waals surface area contributed by atoms with Crippen LogP contribution in [-0.4, -0.2) is 34.4 Å². The highest BCUT2D eigenvalue weighted by molar-refractivity contribution is 9.10. The van der Waals surface area contributed by atoms with Gasteiger partial charge in [0.25, 0.3) is 0 Å². The highest BCUT2D eigenvalue weighted by atomic mass is 79.9. The Hall–Kier alpha value is -4.16. The van der Waals surface area contributed by atoms with Gasteiger partial charge in [0.05, 0.1) is 6.04 Å². The SMILES string of the molecule is O=C(c1ccccc1)[C@@H]1[C@@H](c2cccnc2)C2(C(=O)c3ccccc3C2=O)[C@@H]2C=Cc3cc(Br)ccc3N12. The van der Waals surface area contributed by atoms with Crippen LogP contribution in [0.5, 0.6) is 0 Å². The Kier molecular flexibility index (Phi) is 5.10. The van der Waals surface area contributed by atoms with E-state index in [0.717, 1.165) is 15.7 Å². The highest BCUT2D eigenvalue weighted by Crippen LogP contribution is 2.60. The van der Waals surface area contributed by atoms with Crippen LogP contribution < -0.4 is 4.90 Å². The second-order valence-corrected chi connectivity index (χ2v) is 10.8. The van der Waals surface area contributed by atoms with E-state index in [2.05, 4.69) is 20.9 Å². The molecule has 184 valence electrons. The van der Waals surface area contributed by atoms with E-state index in [1.54, 1.807) is 54.9 Å². The third-order valence-electron chi connectivity index (χ3n) is 8.14. The molecule has 7 rings (SSSR count). The summed E-state index contributed by atoms with van der Waals surface area (Å²) >= 11 is 3.55. The fraction of sp³-hybridized carbons (Fsp3) is 0.125. The van der Waals surface area contributed by atoms with Crippen LogP contribution in [0.1, 0.15) is 48.1 Å². The van der Waals surface area contributed by atoms with E-state index in [9.17, 15) is 14.4 Å². The van der Waals surface area contributed by atoms with Crippen molar-refractivity contribution in [1.82, 2.24) is 4.98 Å². The first-order valence-electron chi connectivity index (χ1n) is 12.5. The van der Waals surface area contributed by atoms with Gasteiger partial charge in [-0.15, -0.1) is 0 Å². The van der Waals surface area contributed by atoms with E-state index in [-0.39, 0.29) is 17.3 Å². The molecule has 0 radical (unpaired) electrons. The zero-order chi connectivity index (χ0) is 26.0. The molecule has 1 fully saturated rings. The molecule has 1 spiro atoms. The number of carbonyl (C=O) groups is 3. The molecule has 2 aliphatic heterocycles. The van der Waals surface area contributed by atoms with Gasteiger partial charge in [-0.25, -0.2) is 0 Å². The molecule has 1 aliphatic carbocycles. The monoisotopic (exact) mass is 560 g/mol. The number of Topliss-reactive ketones (excluding diaryl/α,β-unsaturated/α-hetero) is 3. The number of aromatic nitrogens is 1. The van der Waals surface area contributed by atoms with Gasteiger partial charge in [-0.2, -0.15) is 0 Å². The Morgan fingerprint density at radius 3 is 2.26 bits per heavy atom. The molecule has 3 aromatic carbocycles. The number of hydrogen-bond donors (Lipinski definition) is 0. The van der Waals surface area contributed by atoms with Gasteiger partial charge in [-0.1, -0.05) is 88.7 Å². The van der Waals surface area contributed by atoms with Gasteiger partial charge in [0.15, 0.2) is 17.3 Å². The minimum Gasteiger partial charge on any atom is -0.352 e. The van der Waals surface area contributed by atoms with Crippen molar-refractivity contribution in [2.24, 2.45) is 5.41 Å². The molecular formula is C32H21BrN2O3. The molecule has 5 nitrogen and oxygen atoms in total. The molecule has 38 heavy (non-hydrogen) atoms. The summed E-state index contributed by atoms with van der Waals surface area (Å²) in [6, 6.07) is 24.2. The van der Waals surface area contributed by atoms with Crippen molar-refractivity contribution in [3.8, 4) is 0 Å². The van der Waals surface area contributed by atoms with Crippen LogP contribution in [0.25, 0.3) is 6.08 Å². The lowest BCUT2D eigenvalue weighted by Gasteiger charge is -2.37. The summed E-state index contributed by atoms with van der Waals surface area (Å²) in [6.07, 6.45) is 7.23. The zero-order valence-electron chi connectivity index (χ0n) is 20.1. The minimum atomic E-state index is -1.51. The van der Waals surface area contributed by atoms with Gasteiger partial charge in [0.2, 0.25) is 0 Å². The van der Waals surface area contributed by atoms with Gasteiger partial charge < -0.3 is 4.90 Å². The Morgan fingerprint density at radius 1 is 0.868 bits per heavy atom. The molecule has 0 saturated carbocycles. The third kappa shape index (κ3) is 2.98. The topological polar surface area (TPSA) is 67.3 Å². The van der Waals surface area contributed by atoms with Crippen LogP contribution in [0.15, 0.2) is 108 Å². The van der Waals surface area contributed by atoms with Crippen molar-refractivity contribution in [2.45, 2.75) is 18.0 Å².